The molecule has 0 aromatic heterocycles. The van der Waals surface area contributed by atoms with Gasteiger partial charge in [0.1, 0.15) is 14.1 Å². The number of hydrogen-bond acceptors (Lipinski definition) is 2. The Kier molecular flexibility index (Phi) is 6.61. The summed E-state index contributed by atoms with van der Waals surface area (Å²) in [4.78, 5) is 23.9. The van der Waals surface area contributed by atoms with Crippen LogP contribution in [0.3, 0.4) is 0 Å². The molecule has 0 saturated carbocycles. The van der Waals surface area contributed by atoms with Crippen LogP contribution in [-0.2, 0) is 4.79 Å². The second-order valence-corrected chi connectivity index (χ2v) is 13.1. The predicted octanol–water partition coefficient (Wildman–Crippen LogP) is 3.93. The third kappa shape index (κ3) is 6.06. The Hall–Kier alpha value is -2.06. The Bertz CT molecular complexity index is 700. The van der Waals surface area contributed by atoms with Crippen LogP contribution in [0.5, 0.6) is 0 Å². The summed E-state index contributed by atoms with van der Waals surface area (Å²) in [5.41, 5.74) is 5.70. The minimum absolute atomic E-state index is 0.110. The number of benzene rings is 1. The molecule has 0 radical (unpaired) electrons. The van der Waals surface area contributed by atoms with Crippen molar-refractivity contribution in [3.05, 3.63) is 34.9 Å². The zero-order valence-corrected chi connectivity index (χ0v) is 17.3. The first kappa shape index (κ1) is 21.0. The fourth-order valence-corrected chi connectivity index (χ4v) is 3.03. The number of carboxylic acid groups (broad SMARTS) is 1. The average Bonchev–Trinajstić information content (AvgIpc) is 2.43. The lowest BCUT2D eigenvalue weighted by Gasteiger charge is -2.31. The van der Waals surface area contributed by atoms with Crippen molar-refractivity contribution in [2.24, 2.45) is 0 Å². The first-order valence-electron chi connectivity index (χ1n) is 8.45. The summed E-state index contributed by atoms with van der Waals surface area (Å²) in [6, 6.07) is 4.46. The van der Waals surface area contributed by atoms with Crippen molar-refractivity contribution in [2.75, 3.05) is 0 Å². The fraction of sp³-hybridized carbons (Fsp3) is 0.500. The van der Waals surface area contributed by atoms with Crippen molar-refractivity contribution in [3.63, 3.8) is 0 Å². The molecular formula is C20H29NO3Si. The molecular weight excluding hydrogens is 330 g/mol. The number of carboxylic acids is 1. The van der Waals surface area contributed by atoms with Crippen LogP contribution in [0.25, 0.3) is 0 Å². The maximum absolute atomic E-state index is 12.4. The van der Waals surface area contributed by atoms with Crippen molar-refractivity contribution in [3.8, 4) is 11.5 Å². The smallest absolute Gasteiger partial charge is 0.327 e. The van der Waals surface area contributed by atoms with Gasteiger partial charge in [0.25, 0.3) is 5.91 Å². The molecule has 0 bridgehead atoms. The second-order valence-electron chi connectivity index (χ2n) is 8.12. The van der Waals surface area contributed by atoms with Gasteiger partial charge in [-0.1, -0.05) is 51.1 Å². The maximum atomic E-state index is 12.4. The molecule has 1 aromatic rings. The molecule has 0 saturated heterocycles. The van der Waals surface area contributed by atoms with Crippen LogP contribution >= 0.6 is 0 Å². The summed E-state index contributed by atoms with van der Waals surface area (Å²) in [5, 5.41) is 12.1. The molecule has 0 spiro atoms. The lowest BCUT2D eigenvalue weighted by molar-refractivity contribution is -0.139. The highest BCUT2D eigenvalue weighted by Crippen LogP contribution is 2.35. The Morgan fingerprint density at radius 2 is 1.68 bits per heavy atom. The Labute approximate surface area is 152 Å². The fourth-order valence-electron chi connectivity index (χ4n) is 2.11. The van der Waals surface area contributed by atoms with Gasteiger partial charge < -0.3 is 10.4 Å². The molecule has 0 aliphatic rings. The summed E-state index contributed by atoms with van der Waals surface area (Å²) in [6.07, 6.45) is 0.110. The van der Waals surface area contributed by atoms with Crippen LogP contribution in [0, 0.1) is 25.3 Å². The number of nitrogens with one attached hydrogen (secondary N) is 1. The zero-order chi connectivity index (χ0) is 19.4. The number of carbonyl (C=O) groups is 2. The number of rotatable bonds is 4. The van der Waals surface area contributed by atoms with Gasteiger partial charge in [0, 0.05) is 12.0 Å². The Morgan fingerprint density at radius 1 is 1.16 bits per heavy atom. The first-order chi connectivity index (χ1) is 11.3. The van der Waals surface area contributed by atoms with Gasteiger partial charge in [-0.25, -0.2) is 4.79 Å². The molecule has 4 nitrogen and oxygen atoms in total. The van der Waals surface area contributed by atoms with Gasteiger partial charge in [-0.3, -0.25) is 4.79 Å². The molecule has 0 fully saturated rings. The van der Waals surface area contributed by atoms with Gasteiger partial charge in [-0.15, -0.1) is 11.5 Å². The molecule has 1 amide bonds. The molecule has 136 valence electrons. The van der Waals surface area contributed by atoms with Crippen molar-refractivity contribution in [2.45, 2.75) is 65.2 Å². The van der Waals surface area contributed by atoms with Gasteiger partial charge in [-0.2, -0.15) is 0 Å². The molecule has 1 aromatic carbocycles. The number of carbonyl (C=O) groups excluding carboxylic acids is 1. The van der Waals surface area contributed by atoms with Crippen molar-refractivity contribution in [1.82, 2.24) is 5.32 Å². The minimum atomic E-state index is -1.79. The largest absolute Gasteiger partial charge is 0.480 e. The van der Waals surface area contributed by atoms with E-state index in [1.54, 1.807) is 12.1 Å². The lowest BCUT2D eigenvalue weighted by atomic mass is 10.1. The molecule has 0 aliphatic heterocycles. The number of aryl methyl sites for hydroxylation is 2. The number of hydrogen-bond donors (Lipinski definition) is 2. The standard InChI is InChI=1S/C20H29NO3Si/c1-14-11-15(2)13-16(12-14)18(22)21-17(19(23)24)9-8-10-25(6,7)20(3,4)5/h11-13,17H,9H2,1-7H3,(H,21,22)(H,23,24)/t17-/m0/s1. The number of amides is 1. The van der Waals surface area contributed by atoms with Crippen LogP contribution < -0.4 is 5.32 Å². The molecule has 0 unspecified atom stereocenters. The highest BCUT2D eigenvalue weighted by molar-refractivity contribution is 6.87. The highest BCUT2D eigenvalue weighted by atomic mass is 28.3. The summed E-state index contributed by atoms with van der Waals surface area (Å²) >= 11 is 0. The number of aliphatic carboxylic acids is 1. The minimum Gasteiger partial charge on any atom is -0.480 e. The Morgan fingerprint density at radius 3 is 2.12 bits per heavy atom. The van der Waals surface area contributed by atoms with E-state index in [1.165, 1.54) is 0 Å². The maximum Gasteiger partial charge on any atom is 0.327 e. The van der Waals surface area contributed by atoms with Crippen LogP contribution in [0.1, 0.15) is 48.7 Å². The van der Waals surface area contributed by atoms with Gasteiger partial charge in [0.15, 0.2) is 0 Å². The van der Waals surface area contributed by atoms with E-state index in [-0.39, 0.29) is 17.4 Å². The van der Waals surface area contributed by atoms with Crippen molar-refractivity contribution >= 4 is 20.0 Å². The van der Waals surface area contributed by atoms with E-state index < -0.39 is 20.1 Å². The topological polar surface area (TPSA) is 66.4 Å². The third-order valence-corrected chi connectivity index (χ3v) is 9.22. The van der Waals surface area contributed by atoms with Crippen molar-refractivity contribution < 1.29 is 14.7 Å². The monoisotopic (exact) mass is 359 g/mol. The van der Waals surface area contributed by atoms with Crippen LogP contribution in [0.15, 0.2) is 18.2 Å². The molecule has 2 N–H and O–H groups in total. The van der Waals surface area contributed by atoms with Gasteiger partial charge in [0.05, 0.1) is 0 Å². The quantitative estimate of drug-likeness (QED) is 0.632. The highest BCUT2D eigenvalue weighted by Gasteiger charge is 2.33. The molecule has 5 heteroatoms. The van der Waals surface area contributed by atoms with Crippen molar-refractivity contribution in [1.29, 1.82) is 0 Å². The van der Waals surface area contributed by atoms with E-state index in [1.807, 2.05) is 19.9 Å². The predicted molar refractivity (Wildman–Crippen MR) is 104 cm³/mol. The zero-order valence-electron chi connectivity index (χ0n) is 16.3. The van der Waals surface area contributed by atoms with E-state index in [9.17, 15) is 14.7 Å². The first-order valence-corrected chi connectivity index (χ1v) is 11.5. The molecule has 1 atom stereocenters. The summed E-state index contributed by atoms with van der Waals surface area (Å²) in [5.74, 6) is 1.56. The molecule has 0 heterocycles. The van der Waals surface area contributed by atoms with E-state index in [0.29, 0.717) is 5.56 Å². The Balaban J connectivity index is 2.89. The lowest BCUT2D eigenvalue weighted by Crippen LogP contribution is -2.41. The molecule has 1 rings (SSSR count). The summed E-state index contributed by atoms with van der Waals surface area (Å²) < 4.78 is 0. The average molecular weight is 360 g/mol. The summed E-state index contributed by atoms with van der Waals surface area (Å²) in [7, 11) is -1.79. The van der Waals surface area contributed by atoms with Crippen LogP contribution in [0.2, 0.25) is 18.1 Å². The summed E-state index contributed by atoms with van der Waals surface area (Å²) in [6.45, 7) is 14.6. The molecule has 25 heavy (non-hydrogen) atoms. The van der Waals surface area contributed by atoms with Crippen LogP contribution in [-0.4, -0.2) is 31.1 Å². The normalized spacial score (nSPS) is 12.8. The van der Waals surface area contributed by atoms with Gasteiger partial charge in [0.2, 0.25) is 0 Å². The van der Waals surface area contributed by atoms with E-state index in [4.69, 9.17) is 0 Å². The van der Waals surface area contributed by atoms with Crippen LogP contribution in [0.4, 0.5) is 0 Å². The SMILES string of the molecule is Cc1cc(C)cc(C(=O)N[C@@H](CC#C[Si](C)(C)C(C)(C)C)C(=O)O)c1. The third-order valence-electron chi connectivity index (χ3n) is 4.67. The molecule has 0 aliphatic carbocycles. The van der Waals surface area contributed by atoms with Gasteiger partial charge >= 0.3 is 5.97 Å². The van der Waals surface area contributed by atoms with Gasteiger partial charge in [-0.05, 0) is 31.0 Å². The second kappa shape index (κ2) is 7.88. The van der Waals surface area contributed by atoms with E-state index in [2.05, 4.69) is 50.6 Å². The van der Waals surface area contributed by atoms with E-state index in [0.717, 1.165) is 11.1 Å². The van der Waals surface area contributed by atoms with E-state index >= 15 is 0 Å².